The summed E-state index contributed by atoms with van der Waals surface area (Å²) >= 11 is 0. The van der Waals surface area contributed by atoms with Gasteiger partial charge >= 0.3 is 0 Å². The third-order valence-electron chi connectivity index (χ3n) is 3.31. The molecule has 2 heterocycles. The van der Waals surface area contributed by atoms with E-state index in [1.165, 1.54) is 0 Å². The molecule has 0 radical (unpaired) electrons. The van der Waals surface area contributed by atoms with E-state index in [2.05, 4.69) is 4.98 Å². The van der Waals surface area contributed by atoms with Crippen LogP contribution in [0.25, 0.3) is 11.3 Å². The molecule has 1 amide bonds. The predicted molar refractivity (Wildman–Crippen MR) is 78.0 cm³/mol. The molecule has 1 aliphatic heterocycles. The summed E-state index contributed by atoms with van der Waals surface area (Å²) in [6, 6.07) is 13.0. The Morgan fingerprint density at radius 3 is 2.76 bits per heavy atom. The Morgan fingerprint density at radius 1 is 1.29 bits per heavy atom. The van der Waals surface area contributed by atoms with Gasteiger partial charge in [0.25, 0.3) is 5.91 Å². The van der Waals surface area contributed by atoms with E-state index in [0.29, 0.717) is 24.7 Å². The predicted octanol–water partition coefficient (Wildman–Crippen LogP) is 2.02. The first-order valence-electron chi connectivity index (χ1n) is 6.84. The summed E-state index contributed by atoms with van der Waals surface area (Å²) in [5, 5.41) is 0. The lowest BCUT2D eigenvalue weighted by atomic mass is 10.1. The number of aromatic nitrogens is 1. The maximum absolute atomic E-state index is 11.5. The van der Waals surface area contributed by atoms with Crippen molar-refractivity contribution in [2.75, 3.05) is 13.2 Å². The fourth-order valence-electron chi connectivity index (χ4n) is 2.25. The Kier molecular flexibility index (Phi) is 3.83. The molecule has 21 heavy (non-hydrogen) atoms. The number of amides is 1. The van der Waals surface area contributed by atoms with Crippen molar-refractivity contribution >= 4 is 5.91 Å². The van der Waals surface area contributed by atoms with E-state index < -0.39 is 5.91 Å². The van der Waals surface area contributed by atoms with Crippen molar-refractivity contribution in [1.29, 1.82) is 0 Å². The summed E-state index contributed by atoms with van der Waals surface area (Å²) in [5.74, 6) is 0.0217. The highest BCUT2D eigenvalue weighted by atomic mass is 16.5. The van der Waals surface area contributed by atoms with Gasteiger partial charge in [0.15, 0.2) is 0 Å². The van der Waals surface area contributed by atoms with E-state index >= 15 is 0 Å². The molecule has 0 spiro atoms. The molecule has 0 aliphatic carbocycles. The molecule has 3 rings (SSSR count). The molecule has 1 atom stereocenters. The molecular formula is C16H16N2O3. The highest BCUT2D eigenvalue weighted by molar-refractivity contribution is 5.91. The SMILES string of the molecule is NC(=O)c1cc(OC2CCOC2)cc(-c2ccccc2)n1. The molecule has 108 valence electrons. The van der Waals surface area contributed by atoms with Crippen LogP contribution in [0.4, 0.5) is 0 Å². The monoisotopic (exact) mass is 284 g/mol. The minimum atomic E-state index is -0.569. The van der Waals surface area contributed by atoms with E-state index in [1.54, 1.807) is 6.07 Å². The molecular weight excluding hydrogens is 268 g/mol. The largest absolute Gasteiger partial charge is 0.488 e. The van der Waals surface area contributed by atoms with Gasteiger partial charge in [-0.05, 0) is 0 Å². The molecule has 1 aromatic carbocycles. The zero-order valence-corrected chi connectivity index (χ0v) is 11.5. The Balaban J connectivity index is 1.95. The van der Waals surface area contributed by atoms with Crippen molar-refractivity contribution in [1.82, 2.24) is 4.98 Å². The molecule has 2 N–H and O–H groups in total. The highest BCUT2D eigenvalue weighted by Gasteiger charge is 2.18. The van der Waals surface area contributed by atoms with Gasteiger partial charge in [-0.2, -0.15) is 0 Å². The zero-order valence-electron chi connectivity index (χ0n) is 11.5. The topological polar surface area (TPSA) is 74.4 Å². The van der Waals surface area contributed by atoms with Gasteiger partial charge < -0.3 is 15.2 Å². The number of rotatable bonds is 4. The van der Waals surface area contributed by atoms with Crippen molar-refractivity contribution in [3.8, 4) is 17.0 Å². The van der Waals surface area contributed by atoms with E-state index in [1.807, 2.05) is 36.4 Å². The van der Waals surface area contributed by atoms with Crippen LogP contribution in [0.15, 0.2) is 42.5 Å². The molecule has 2 aromatic rings. The van der Waals surface area contributed by atoms with Crippen LogP contribution in [0.5, 0.6) is 5.75 Å². The van der Waals surface area contributed by atoms with Crippen LogP contribution in [0.2, 0.25) is 0 Å². The van der Waals surface area contributed by atoms with Crippen molar-refractivity contribution in [3.05, 3.63) is 48.2 Å². The van der Waals surface area contributed by atoms with Crippen LogP contribution < -0.4 is 10.5 Å². The van der Waals surface area contributed by atoms with E-state index in [0.717, 1.165) is 12.0 Å². The third kappa shape index (κ3) is 3.20. The van der Waals surface area contributed by atoms with Gasteiger partial charge in [0, 0.05) is 24.1 Å². The molecule has 0 bridgehead atoms. The van der Waals surface area contributed by atoms with E-state index in [4.69, 9.17) is 15.2 Å². The number of hydrogen-bond acceptors (Lipinski definition) is 4. The number of primary amides is 1. The summed E-state index contributed by atoms with van der Waals surface area (Å²) in [6.45, 7) is 1.26. The number of carbonyl (C=O) groups is 1. The molecule has 5 nitrogen and oxygen atoms in total. The number of nitrogens with zero attached hydrogens (tertiary/aromatic N) is 1. The quantitative estimate of drug-likeness (QED) is 0.932. The number of hydrogen-bond donors (Lipinski definition) is 1. The van der Waals surface area contributed by atoms with Crippen LogP contribution in [0, 0.1) is 0 Å². The molecule has 1 fully saturated rings. The van der Waals surface area contributed by atoms with E-state index in [9.17, 15) is 4.79 Å². The number of ether oxygens (including phenoxy) is 2. The summed E-state index contributed by atoms with van der Waals surface area (Å²) in [7, 11) is 0. The lowest BCUT2D eigenvalue weighted by molar-refractivity contribution is 0.0994. The molecule has 1 unspecified atom stereocenters. The van der Waals surface area contributed by atoms with Crippen LogP contribution >= 0.6 is 0 Å². The molecule has 0 saturated carbocycles. The molecule has 1 aromatic heterocycles. The zero-order chi connectivity index (χ0) is 14.7. The first-order chi connectivity index (χ1) is 10.2. The summed E-state index contributed by atoms with van der Waals surface area (Å²) in [5.41, 5.74) is 7.13. The first-order valence-corrected chi connectivity index (χ1v) is 6.84. The lowest BCUT2D eigenvalue weighted by Crippen LogP contribution is -2.18. The molecule has 1 aliphatic rings. The third-order valence-corrected chi connectivity index (χ3v) is 3.31. The van der Waals surface area contributed by atoms with Gasteiger partial charge in [-0.3, -0.25) is 4.79 Å². The summed E-state index contributed by atoms with van der Waals surface area (Å²) in [4.78, 5) is 15.7. The Morgan fingerprint density at radius 2 is 2.10 bits per heavy atom. The fraction of sp³-hybridized carbons (Fsp3) is 0.250. The number of nitrogens with two attached hydrogens (primary N) is 1. The van der Waals surface area contributed by atoms with E-state index in [-0.39, 0.29) is 11.8 Å². The van der Waals surface area contributed by atoms with Crippen molar-refractivity contribution in [2.45, 2.75) is 12.5 Å². The second kappa shape index (κ2) is 5.93. The van der Waals surface area contributed by atoms with Crippen LogP contribution in [-0.2, 0) is 4.74 Å². The second-order valence-corrected chi connectivity index (χ2v) is 4.91. The van der Waals surface area contributed by atoms with Crippen LogP contribution in [0.1, 0.15) is 16.9 Å². The van der Waals surface area contributed by atoms with Crippen molar-refractivity contribution in [2.24, 2.45) is 5.73 Å². The summed E-state index contributed by atoms with van der Waals surface area (Å²) in [6.07, 6.45) is 0.853. The maximum atomic E-state index is 11.5. The molecule has 5 heteroatoms. The standard InChI is InChI=1S/C16H16N2O3/c17-16(19)15-9-13(21-12-6-7-20-10-12)8-14(18-15)11-4-2-1-3-5-11/h1-5,8-9,12H,6-7,10H2,(H2,17,19). The highest BCUT2D eigenvalue weighted by Crippen LogP contribution is 2.25. The second-order valence-electron chi connectivity index (χ2n) is 4.91. The number of pyridine rings is 1. The first kappa shape index (κ1) is 13.6. The average Bonchev–Trinajstić information content (AvgIpc) is 3.01. The Labute approximate surface area is 122 Å². The smallest absolute Gasteiger partial charge is 0.267 e. The summed E-state index contributed by atoms with van der Waals surface area (Å²) < 4.78 is 11.1. The Bertz CT molecular complexity index is 637. The fourth-order valence-corrected chi connectivity index (χ4v) is 2.25. The van der Waals surface area contributed by atoms with Crippen molar-refractivity contribution in [3.63, 3.8) is 0 Å². The van der Waals surface area contributed by atoms with Gasteiger partial charge in [0.1, 0.15) is 17.5 Å². The van der Waals surface area contributed by atoms with Gasteiger partial charge in [-0.1, -0.05) is 30.3 Å². The number of carbonyl (C=O) groups excluding carboxylic acids is 1. The normalized spacial score (nSPS) is 17.6. The minimum Gasteiger partial charge on any atom is -0.488 e. The van der Waals surface area contributed by atoms with Crippen LogP contribution in [0.3, 0.4) is 0 Å². The van der Waals surface area contributed by atoms with Crippen LogP contribution in [-0.4, -0.2) is 30.2 Å². The number of benzene rings is 1. The van der Waals surface area contributed by atoms with Crippen molar-refractivity contribution < 1.29 is 14.3 Å². The molecule has 1 saturated heterocycles. The Hall–Kier alpha value is -2.40. The minimum absolute atomic E-state index is 0.0109. The maximum Gasteiger partial charge on any atom is 0.267 e. The lowest BCUT2D eigenvalue weighted by Gasteiger charge is -2.13. The van der Waals surface area contributed by atoms with Gasteiger partial charge in [-0.25, -0.2) is 4.98 Å². The van der Waals surface area contributed by atoms with Gasteiger partial charge in [-0.15, -0.1) is 0 Å². The van der Waals surface area contributed by atoms with Gasteiger partial charge in [0.05, 0.1) is 18.9 Å². The van der Waals surface area contributed by atoms with Gasteiger partial charge in [0.2, 0.25) is 0 Å². The average molecular weight is 284 g/mol.